The Morgan fingerprint density at radius 1 is 1.21 bits per heavy atom. The van der Waals surface area contributed by atoms with Gasteiger partial charge < -0.3 is 14.8 Å². The molecule has 2 atom stereocenters. The lowest BCUT2D eigenvalue weighted by atomic mass is 10.1. The zero-order valence-corrected chi connectivity index (χ0v) is 15.7. The van der Waals surface area contributed by atoms with E-state index in [0.29, 0.717) is 18.9 Å². The largest absolute Gasteiger partial charge is 0.497 e. The van der Waals surface area contributed by atoms with Crippen LogP contribution in [0.25, 0.3) is 11.3 Å². The SMILES string of the molecule is COc1cccc(-c2ccc(=O)n(C3COCC3NC(=O)C3CC=CC3)n2)c1. The topological polar surface area (TPSA) is 82.5 Å². The number of carbonyl (C=O) groups excluding carboxylic acids is 1. The second kappa shape index (κ2) is 7.98. The number of hydrogen-bond donors (Lipinski definition) is 1. The van der Waals surface area contributed by atoms with E-state index >= 15 is 0 Å². The standard InChI is InChI=1S/C21H23N3O4/c1-27-16-8-4-7-15(11-16)17-9-10-20(25)24(23-17)19-13-28-12-18(19)22-21(26)14-5-2-3-6-14/h2-4,7-11,14,18-19H,5-6,12-13H2,1H3,(H,22,26). The molecule has 1 aromatic heterocycles. The Balaban J connectivity index is 1.58. The van der Waals surface area contributed by atoms with E-state index in [4.69, 9.17) is 9.47 Å². The minimum atomic E-state index is -0.337. The van der Waals surface area contributed by atoms with Crippen LogP contribution < -0.4 is 15.6 Å². The Kier molecular flexibility index (Phi) is 5.25. The Hall–Kier alpha value is -2.93. The number of hydrogen-bond acceptors (Lipinski definition) is 5. The van der Waals surface area contributed by atoms with Gasteiger partial charge in [0.05, 0.1) is 32.1 Å². The second-order valence-electron chi connectivity index (χ2n) is 7.09. The first kappa shape index (κ1) is 18.4. The maximum atomic E-state index is 12.5. The minimum Gasteiger partial charge on any atom is -0.497 e. The van der Waals surface area contributed by atoms with Gasteiger partial charge in [-0.05, 0) is 31.0 Å². The third-order valence-electron chi connectivity index (χ3n) is 5.26. The van der Waals surface area contributed by atoms with E-state index in [0.717, 1.165) is 24.2 Å². The molecule has 28 heavy (non-hydrogen) atoms. The molecule has 1 saturated heterocycles. The van der Waals surface area contributed by atoms with E-state index in [-0.39, 0.29) is 29.5 Å². The zero-order chi connectivity index (χ0) is 19.5. The van der Waals surface area contributed by atoms with Crippen molar-refractivity contribution in [3.05, 3.63) is 58.9 Å². The predicted molar refractivity (Wildman–Crippen MR) is 104 cm³/mol. The van der Waals surface area contributed by atoms with E-state index < -0.39 is 0 Å². The van der Waals surface area contributed by atoms with Crippen molar-refractivity contribution in [2.75, 3.05) is 20.3 Å². The lowest BCUT2D eigenvalue weighted by Gasteiger charge is -2.22. The zero-order valence-electron chi connectivity index (χ0n) is 15.7. The summed E-state index contributed by atoms with van der Waals surface area (Å²) < 4.78 is 12.3. The predicted octanol–water partition coefficient (Wildman–Crippen LogP) is 1.94. The van der Waals surface area contributed by atoms with E-state index in [1.807, 2.05) is 36.4 Å². The van der Waals surface area contributed by atoms with Crippen LogP contribution in [0.15, 0.2) is 53.3 Å². The number of carbonyl (C=O) groups is 1. The highest BCUT2D eigenvalue weighted by Gasteiger charge is 2.34. The highest BCUT2D eigenvalue weighted by Crippen LogP contribution is 2.24. The quantitative estimate of drug-likeness (QED) is 0.801. The molecule has 146 valence electrons. The molecular formula is C21H23N3O4. The average Bonchev–Trinajstić information content (AvgIpc) is 3.40. The van der Waals surface area contributed by atoms with Gasteiger partial charge in [-0.25, -0.2) is 4.68 Å². The van der Waals surface area contributed by atoms with Crippen molar-refractivity contribution in [1.82, 2.24) is 15.1 Å². The molecule has 2 heterocycles. The summed E-state index contributed by atoms with van der Waals surface area (Å²) in [6.07, 6.45) is 5.56. The molecule has 1 N–H and O–H groups in total. The first-order chi connectivity index (χ1) is 13.7. The Bertz CT molecular complexity index is 945. The van der Waals surface area contributed by atoms with Gasteiger partial charge in [-0.15, -0.1) is 0 Å². The molecule has 2 aromatic rings. The summed E-state index contributed by atoms with van der Waals surface area (Å²) in [5.74, 6) is 0.688. The van der Waals surface area contributed by atoms with Crippen molar-refractivity contribution in [2.24, 2.45) is 5.92 Å². The summed E-state index contributed by atoms with van der Waals surface area (Å²) in [4.78, 5) is 25.0. The molecule has 1 aliphatic carbocycles. The fourth-order valence-corrected chi connectivity index (χ4v) is 3.65. The molecule has 1 fully saturated rings. The molecule has 0 spiro atoms. The van der Waals surface area contributed by atoms with Crippen molar-refractivity contribution in [3.8, 4) is 17.0 Å². The number of methoxy groups -OCH3 is 1. The minimum absolute atomic E-state index is 0.00231. The second-order valence-corrected chi connectivity index (χ2v) is 7.09. The molecule has 1 aromatic carbocycles. The Morgan fingerprint density at radius 2 is 2.04 bits per heavy atom. The van der Waals surface area contributed by atoms with Crippen LogP contribution in [0.5, 0.6) is 5.75 Å². The van der Waals surface area contributed by atoms with Gasteiger partial charge in [0.25, 0.3) is 5.56 Å². The molecule has 7 nitrogen and oxygen atoms in total. The van der Waals surface area contributed by atoms with Crippen LogP contribution in [0.4, 0.5) is 0 Å². The number of rotatable bonds is 5. The molecule has 0 saturated carbocycles. The smallest absolute Gasteiger partial charge is 0.267 e. The number of aromatic nitrogens is 2. The monoisotopic (exact) mass is 381 g/mol. The third kappa shape index (κ3) is 3.71. The molecule has 7 heteroatoms. The van der Waals surface area contributed by atoms with Gasteiger partial charge in [-0.2, -0.15) is 5.10 Å². The molecule has 1 amide bonds. The van der Waals surface area contributed by atoms with Crippen molar-refractivity contribution in [2.45, 2.75) is 24.9 Å². The van der Waals surface area contributed by atoms with Gasteiger partial charge in [0.15, 0.2) is 0 Å². The van der Waals surface area contributed by atoms with E-state index in [1.165, 1.54) is 10.7 Å². The average molecular weight is 381 g/mol. The van der Waals surface area contributed by atoms with E-state index in [1.54, 1.807) is 13.2 Å². The van der Waals surface area contributed by atoms with Crippen molar-refractivity contribution in [1.29, 1.82) is 0 Å². The first-order valence-corrected chi connectivity index (χ1v) is 9.43. The van der Waals surface area contributed by atoms with E-state index in [2.05, 4.69) is 10.4 Å². The summed E-state index contributed by atoms with van der Waals surface area (Å²) in [7, 11) is 1.61. The van der Waals surface area contributed by atoms with Crippen LogP contribution >= 0.6 is 0 Å². The van der Waals surface area contributed by atoms with Crippen LogP contribution in [0.3, 0.4) is 0 Å². The number of benzene rings is 1. The van der Waals surface area contributed by atoms with Crippen molar-refractivity contribution >= 4 is 5.91 Å². The lowest BCUT2D eigenvalue weighted by Crippen LogP contribution is -2.45. The molecule has 0 bridgehead atoms. The van der Waals surface area contributed by atoms with Gasteiger partial charge in [0.1, 0.15) is 11.8 Å². The van der Waals surface area contributed by atoms with Gasteiger partial charge in [-0.1, -0.05) is 24.3 Å². The number of nitrogens with one attached hydrogen (secondary N) is 1. The third-order valence-corrected chi connectivity index (χ3v) is 5.26. The van der Waals surface area contributed by atoms with Crippen LogP contribution in [0.1, 0.15) is 18.9 Å². The van der Waals surface area contributed by atoms with Gasteiger partial charge in [0, 0.05) is 17.5 Å². The summed E-state index contributed by atoms with van der Waals surface area (Å²) in [6, 6.07) is 10.1. The number of ether oxygens (including phenoxy) is 2. The molecule has 0 radical (unpaired) electrons. The summed E-state index contributed by atoms with van der Waals surface area (Å²) in [6.45, 7) is 0.705. The number of amides is 1. The van der Waals surface area contributed by atoms with Gasteiger partial charge in [0.2, 0.25) is 5.91 Å². The molecular weight excluding hydrogens is 358 g/mol. The first-order valence-electron chi connectivity index (χ1n) is 9.43. The van der Waals surface area contributed by atoms with Gasteiger partial charge in [-0.3, -0.25) is 9.59 Å². The highest BCUT2D eigenvalue weighted by atomic mass is 16.5. The fourth-order valence-electron chi connectivity index (χ4n) is 3.65. The lowest BCUT2D eigenvalue weighted by molar-refractivity contribution is -0.125. The van der Waals surface area contributed by atoms with Crippen LogP contribution in [0, 0.1) is 5.92 Å². The van der Waals surface area contributed by atoms with Gasteiger partial charge >= 0.3 is 0 Å². The van der Waals surface area contributed by atoms with E-state index in [9.17, 15) is 9.59 Å². The maximum absolute atomic E-state index is 12.5. The summed E-state index contributed by atoms with van der Waals surface area (Å²) in [5, 5.41) is 7.61. The van der Waals surface area contributed by atoms with Crippen molar-refractivity contribution < 1.29 is 14.3 Å². The Morgan fingerprint density at radius 3 is 2.82 bits per heavy atom. The maximum Gasteiger partial charge on any atom is 0.267 e. The van der Waals surface area contributed by atoms with Crippen molar-refractivity contribution in [3.63, 3.8) is 0 Å². The normalized spacial score (nSPS) is 21.8. The number of allylic oxidation sites excluding steroid dienone is 2. The fraction of sp³-hybridized carbons (Fsp3) is 0.381. The Labute approximate surface area is 163 Å². The highest BCUT2D eigenvalue weighted by molar-refractivity contribution is 5.79. The van der Waals surface area contributed by atoms with Crippen LogP contribution in [-0.4, -0.2) is 42.1 Å². The molecule has 2 unspecified atom stereocenters. The molecule has 2 aliphatic rings. The summed E-state index contributed by atoms with van der Waals surface area (Å²) in [5.41, 5.74) is 1.30. The molecule has 4 rings (SSSR count). The number of nitrogens with zero attached hydrogens (tertiary/aromatic N) is 2. The van der Waals surface area contributed by atoms with Crippen LogP contribution in [-0.2, 0) is 9.53 Å². The summed E-state index contributed by atoms with van der Waals surface area (Å²) >= 11 is 0. The molecule has 1 aliphatic heterocycles. The van der Waals surface area contributed by atoms with Crippen LogP contribution in [0.2, 0.25) is 0 Å².